The molecule has 27 heavy (non-hydrogen) atoms. The molecule has 0 saturated carbocycles. The highest BCUT2D eigenvalue weighted by Gasteiger charge is 2.15. The molecule has 1 fully saturated rings. The Morgan fingerprint density at radius 3 is 2.96 bits per heavy atom. The van der Waals surface area contributed by atoms with Crippen LogP contribution in [0.1, 0.15) is 11.1 Å². The van der Waals surface area contributed by atoms with Crippen molar-refractivity contribution in [2.75, 3.05) is 51.9 Å². The lowest BCUT2D eigenvalue weighted by Crippen LogP contribution is -2.38. The molecule has 8 heteroatoms. The first kappa shape index (κ1) is 17.7. The van der Waals surface area contributed by atoms with E-state index in [1.807, 2.05) is 18.3 Å². The van der Waals surface area contributed by atoms with Gasteiger partial charge >= 0.3 is 0 Å². The van der Waals surface area contributed by atoms with Crippen LogP contribution in [0.5, 0.6) is 11.5 Å². The molecule has 0 spiro atoms. The summed E-state index contributed by atoms with van der Waals surface area (Å²) in [4.78, 5) is 15.1. The second-order valence-electron chi connectivity index (χ2n) is 6.38. The highest BCUT2D eigenvalue weighted by atomic mass is 16.5. The molecule has 4 rings (SSSR count). The molecule has 2 aromatic rings. The molecular weight excluding hydrogens is 346 g/mol. The van der Waals surface area contributed by atoms with E-state index < -0.39 is 0 Å². The van der Waals surface area contributed by atoms with Crippen LogP contribution in [0.3, 0.4) is 0 Å². The summed E-state index contributed by atoms with van der Waals surface area (Å²) in [6.45, 7) is 5.54. The Balaban J connectivity index is 1.46. The number of anilines is 2. The lowest BCUT2D eigenvalue weighted by molar-refractivity contribution is 0.0322. The highest BCUT2D eigenvalue weighted by molar-refractivity contribution is 5.88. The first-order chi connectivity index (χ1) is 13.3. The van der Waals surface area contributed by atoms with Gasteiger partial charge in [0, 0.05) is 25.8 Å². The number of aromatic nitrogens is 2. The van der Waals surface area contributed by atoms with E-state index in [4.69, 9.17) is 14.2 Å². The van der Waals surface area contributed by atoms with E-state index >= 15 is 0 Å². The van der Waals surface area contributed by atoms with E-state index in [0.717, 1.165) is 55.4 Å². The Labute approximate surface area is 158 Å². The molecule has 1 saturated heterocycles. The second kappa shape index (κ2) is 8.32. The molecule has 0 bridgehead atoms. The lowest BCUT2D eigenvalue weighted by Gasteiger charge is -2.26. The number of nitrogens with one attached hydrogen (secondary N) is 1. The number of aliphatic imine (C=N–C) groups is 1. The normalized spacial score (nSPS) is 16.2. The van der Waals surface area contributed by atoms with Crippen molar-refractivity contribution in [1.29, 1.82) is 0 Å². The molecule has 2 aliphatic heterocycles. The minimum atomic E-state index is 0.566. The fourth-order valence-corrected chi connectivity index (χ4v) is 3.16. The third kappa shape index (κ3) is 4.17. The molecule has 1 N–H and O–H groups in total. The van der Waals surface area contributed by atoms with Crippen LogP contribution in [0.2, 0.25) is 0 Å². The Bertz CT molecular complexity index is 821. The van der Waals surface area contributed by atoms with Crippen LogP contribution < -0.4 is 14.8 Å². The van der Waals surface area contributed by atoms with Gasteiger partial charge in [-0.05, 0) is 23.3 Å². The van der Waals surface area contributed by atoms with E-state index in [0.29, 0.717) is 24.7 Å². The maximum Gasteiger partial charge on any atom is 0.180 e. The summed E-state index contributed by atoms with van der Waals surface area (Å²) in [5.74, 6) is 1.97. The number of morpholine rings is 1. The van der Waals surface area contributed by atoms with E-state index in [1.54, 1.807) is 13.3 Å². The van der Waals surface area contributed by atoms with Crippen molar-refractivity contribution < 1.29 is 14.2 Å². The molecule has 2 aliphatic rings. The third-order valence-corrected chi connectivity index (χ3v) is 4.65. The first-order valence-electron chi connectivity index (χ1n) is 9.04. The number of hydrogen-bond donors (Lipinski definition) is 1. The van der Waals surface area contributed by atoms with Gasteiger partial charge < -0.3 is 19.5 Å². The van der Waals surface area contributed by atoms with Gasteiger partial charge in [-0.3, -0.25) is 9.89 Å². The molecule has 0 amide bonds. The van der Waals surface area contributed by atoms with Gasteiger partial charge in [-0.25, -0.2) is 9.97 Å². The molecular formula is C19H23N5O3. The Hall–Kier alpha value is -2.71. The average molecular weight is 369 g/mol. The molecule has 0 atom stereocenters. The number of fused-ring (bicyclic) bond motifs is 1. The van der Waals surface area contributed by atoms with Crippen LogP contribution in [0, 0.1) is 0 Å². The number of rotatable bonds is 7. The molecule has 1 aromatic heterocycles. The molecule has 8 nitrogen and oxygen atoms in total. The Kier molecular flexibility index (Phi) is 5.45. The van der Waals surface area contributed by atoms with Crippen molar-refractivity contribution in [2.24, 2.45) is 4.99 Å². The minimum absolute atomic E-state index is 0.566. The van der Waals surface area contributed by atoms with Crippen LogP contribution in [0.4, 0.5) is 11.5 Å². The Morgan fingerprint density at radius 1 is 1.22 bits per heavy atom. The van der Waals surface area contributed by atoms with Crippen molar-refractivity contribution in [3.05, 3.63) is 35.8 Å². The number of ether oxygens (including phenoxy) is 3. The Morgan fingerprint density at radius 2 is 2.11 bits per heavy atom. The monoisotopic (exact) mass is 369 g/mol. The zero-order valence-electron chi connectivity index (χ0n) is 15.4. The zero-order valence-corrected chi connectivity index (χ0v) is 15.4. The summed E-state index contributed by atoms with van der Waals surface area (Å²) < 4.78 is 16.8. The van der Waals surface area contributed by atoms with Crippen LogP contribution in [0.15, 0.2) is 29.6 Å². The molecule has 0 unspecified atom stereocenters. The standard InChI is InChI=1S/C19H23N5O3/c1-25-17-9-15-11-20-10-14(15)8-16(17)23-19-18(12-21-13-22-19)27-7-4-24-2-5-26-6-3-24/h8-10,12-13H,2-7,11H2,1H3,(H,21,22,23). The summed E-state index contributed by atoms with van der Waals surface area (Å²) in [5, 5.41) is 3.31. The molecule has 142 valence electrons. The minimum Gasteiger partial charge on any atom is -0.495 e. The summed E-state index contributed by atoms with van der Waals surface area (Å²) in [6.07, 6.45) is 5.05. The average Bonchev–Trinajstić information content (AvgIpc) is 3.17. The van der Waals surface area contributed by atoms with Gasteiger partial charge in [0.15, 0.2) is 11.6 Å². The van der Waals surface area contributed by atoms with Gasteiger partial charge in [0.25, 0.3) is 0 Å². The highest BCUT2D eigenvalue weighted by Crippen LogP contribution is 2.34. The van der Waals surface area contributed by atoms with E-state index in [9.17, 15) is 0 Å². The summed E-state index contributed by atoms with van der Waals surface area (Å²) in [6, 6.07) is 4.02. The smallest absolute Gasteiger partial charge is 0.180 e. The SMILES string of the molecule is COc1cc2c(cc1Nc1ncncc1OCCN1CCOCC1)C=NC2. The predicted molar refractivity (Wildman–Crippen MR) is 102 cm³/mol. The van der Waals surface area contributed by atoms with Crippen molar-refractivity contribution in [2.45, 2.75) is 6.54 Å². The fraction of sp³-hybridized carbons (Fsp3) is 0.421. The van der Waals surface area contributed by atoms with Crippen molar-refractivity contribution in [3.8, 4) is 11.5 Å². The van der Waals surface area contributed by atoms with Gasteiger partial charge in [0.2, 0.25) is 0 Å². The largest absolute Gasteiger partial charge is 0.495 e. The van der Waals surface area contributed by atoms with Gasteiger partial charge in [0.1, 0.15) is 18.7 Å². The quantitative estimate of drug-likeness (QED) is 0.798. The third-order valence-electron chi connectivity index (χ3n) is 4.65. The van der Waals surface area contributed by atoms with Gasteiger partial charge in [-0.15, -0.1) is 0 Å². The number of benzene rings is 1. The van der Waals surface area contributed by atoms with Crippen molar-refractivity contribution >= 4 is 17.7 Å². The molecule has 0 radical (unpaired) electrons. The second-order valence-corrected chi connectivity index (χ2v) is 6.38. The molecule has 3 heterocycles. The van der Waals surface area contributed by atoms with Crippen molar-refractivity contribution in [1.82, 2.24) is 14.9 Å². The van der Waals surface area contributed by atoms with E-state index in [2.05, 4.69) is 25.2 Å². The predicted octanol–water partition coefficient (Wildman–Crippen LogP) is 1.87. The molecule has 0 aliphatic carbocycles. The van der Waals surface area contributed by atoms with Crippen molar-refractivity contribution in [3.63, 3.8) is 0 Å². The number of nitrogens with zero attached hydrogens (tertiary/aromatic N) is 4. The fourth-order valence-electron chi connectivity index (χ4n) is 3.16. The van der Waals surface area contributed by atoms with Crippen LogP contribution >= 0.6 is 0 Å². The number of methoxy groups -OCH3 is 1. The summed E-state index contributed by atoms with van der Waals surface area (Å²) in [7, 11) is 1.66. The number of hydrogen-bond acceptors (Lipinski definition) is 8. The van der Waals surface area contributed by atoms with E-state index in [1.165, 1.54) is 6.33 Å². The van der Waals surface area contributed by atoms with Gasteiger partial charge in [-0.2, -0.15) is 0 Å². The van der Waals surface area contributed by atoms with Crippen LogP contribution in [-0.2, 0) is 11.3 Å². The van der Waals surface area contributed by atoms with E-state index in [-0.39, 0.29) is 0 Å². The first-order valence-corrected chi connectivity index (χ1v) is 9.04. The topological polar surface area (TPSA) is 81.1 Å². The summed E-state index contributed by atoms with van der Waals surface area (Å²) >= 11 is 0. The maximum atomic E-state index is 5.94. The summed E-state index contributed by atoms with van der Waals surface area (Å²) in [5.41, 5.74) is 3.06. The van der Waals surface area contributed by atoms with Crippen LogP contribution in [0.25, 0.3) is 0 Å². The van der Waals surface area contributed by atoms with Crippen LogP contribution in [-0.4, -0.2) is 67.6 Å². The lowest BCUT2D eigenvalue weighted by atomic mass is 10.1. The van der Waals surface area contributed by atoms with Gasteiger partial charge in [-0.1, -0.05) is 0 Å². The van der Waals surface area contributed by atoms with Gasteiger partial charge in [0.05, 0.1) is 38.8 Å². The molecule has 1 aromatic carbocycles. The zero-order chi connectivity index (χ0) is 18.5. The maximum absolute atomic E-state index is 5.94.